The van der Waals surface area contributed by atoms with Crippen molar-refractivity contribution < 1.29 is 14.7 Å². The molecule has 4 rings (SSSR count). The van der Waals surface area contributed by atoms with Gasteiger partial charge in [0.2, 0.25) is 12.4 Å². The molecule has 158 valence electrons. The van der Waals surface area contributed by atoms with E-state index < -0.39 is 0 Å². The Morgan fingerprint density at radius 1 is 1.40 bits per heavy atom. The number of hydrogen-bond acceptors (Lipinski definition) is 6. The zero-order valence-corrected chi connectivity index (χ0v) is 17.8. The molecule has 30 heavy (non-hydrogen) atoms. The SMILES string of the molecule is CBc1cnn2c(NCc3ccc[n+](OC)c3)cc(N3CCCCC3CCO)nc12. The Hall–Kier alpha value is -2.81. The van der Waals surface area contributed by atoms with Gasteiger partial charge in [0.1, 0.15) is 18.7 Å². The van der Waals surface area contributed by atoms with Gasteiger partial charge in [-0.2, -0.15) is 9.61 Å². The van der Waals surface area contributed by atoms with Crippen LogP contribution >= 0.6 is 0 Å². The minimum atomic E-state index is 0.203. The summed E-state index contributed by atoms with van der Waals surface area (Å²) in [7, 11) is 2.53. The summed E-state index contributed by atoms with van der Waals surface area (Å²) < 4.78 is 3.57. The van der Waals surface area contributed by atoms with E-state index in [1.807, 2.05) is 29.2 Å². The molecule has 1 fully saturated rings. The monoisotopic (exact) mass is 409 g/mol. The van der Waals surface area contributed by atoms with Crippen LogP contribution in [0.25, 0.3) is 5.65 Å². The van der Waals surface area contributed by atoms with E-state index in [1.54, 1.807) is 11.8 Å². The van der Waals surface area contributed by atoms with Crippen molar-refractivity contribution in [2.75, 3.05) is 30.5 Å². The van der Waals surface area contributed by atoms with Crippen LogP contribution in [0.2, 0.25) is 6.82 Å². The van der Waals surface area contributed by atoms with E-state index in [-0.39, 0.29) is 6.61 Å². The van der Waals surface area contributed by atoms with E-state index >= 15 is 0 Å². The summed E-state index contributed by atoms with van der Waals surface area (Å²) in [5.41, 5.74) is 3.13. The van der Waals surface area contributed by atoms with Crippen LogP contribution in [0.5, 0.6) is 0 Å². The summed E-state index contributed by atoms with van der Waals surface area (Å²) in [5, 5.41) is 17.6. The van der Waals surface area contributed by atoms with Crippen LogP contribution in [0.4, 0.5) is 11.6 Å². The molecule has 0 amide bonds. The summed E-state index contributed by atoms with van der Waals surface area (Å²) >= 11 is 0. The fraction of sp³-hybridized carbons (Fsp3) is 0.476. The molecule has 3 aromatic rings. The quantitative estimate of drug-likeness (QED) is 0.418. The third-order valence-electron chi connectivity index (χ3n) is 5.82. The molecule has 1 aliphatic rings. The highest BCUT2D eigenvalue weighted by molar-refractivity contribution is 6.54. The number of pyridine rings is 1. The maximum absolute atomic E-state index is 9.53. The lowest BCUT2D eigenvalue weighted by Gasteiger charge is -2.36. The summed E-state index contributed by atoms with van der Waals surface area (Å²) in [5.74, 6) is 1.87. The third-order valence-corrected chi connectivity index (χ3v) is 5.82. The lowest BCUT2D eigenvalue weighted by molar-refractivity contribution is -0.885. The highest BCUT2D eigenvalue weighted by Gasteiger charge is 2.25. The van der Waals surface area contributed by atoms with E-state index in [1.165, 1.54) is 6.42 Å². The van der Waals surface area contributed by atoms with Gasteiger partial charge in [0.05, 0.1) is 0 Å². The topological polar surface area (TPSA) is 78.8 Å². The predicted molar refractivity (Wildman–Crippen MR) is 119 cm³/mol. The average molecular weight is 409 g/mol. The Kier molecular flexibility index (Phi) is 6.37. The lowest BCUT2D eigenvalue weighted by Crippen LogP contribution is -2.41. The summed E-state index contributed by atoms with van der Waals surface area (Å²) in [6.07, 6.45) is 9.95. The average Bonchev–Trinajstić information content (AvgIpc) is 3.21. The molecule has 3 aromatic heterocycles. The minimum Gasteiger partial charge on any atom is -0.396 e. The molecule has 9 heteroatoms. The van der Waals surface area contributed by atoms with Crippen molar-refractivity contribution in [2.24, 2.45) is 0 Å². The maximum atomic E-state index is 9.53. The van der Waals surface area contributed by atoms with Gasteiger partial charge in [-0.3, -0.25) is 4.84 Å². The van der Waals surface area contributed by atoms with E-state index in [2.05, 4.69) is 34.3 Å². The molecule has 1 aliphatic heterocycles. The van der Waals surface area contributed by atoms with Crippen molar-refractivity contribution in [2.45, 2.75) is 45.1 Å². The minimum absolute atomic E-state index is 0.203. The number of piperidine rings is 1. The van der Waals surface area contributed by atoms with Crippen LogP contribution < -0.4 is 25.2 Å². The first-order valence-corrected chi connectivity index (χ1v) is 10.8. The number of aliphatic hydroxyl groups is 1. The summed E-state index contributed by atoms with van der Waals surface area (Å²) in [6, 6.07) is 6.44. The Morgan fingerprint density at radius 2 is 2.30 bits per heavy atom. The van der Waals surface area contributed by atoms with Crippen molar-refractivity contribution in [3.63, 3.8) is 0 Å². The van der Waals surface area contributed by atoms with Gasteiger partial charge in [0.15, 0.2) is 12.9 Å². The van der Waals surface area contributed by atoms with Crippen LogP contribution in [0.15, 0.2) is 36.8 Å². The second-order valence-electron chi connectivity index (χ2n) is 7.72. The summed E-state index contributed by atoms with van der Waals surface area (Å²) in [6.45, 7) is 3.94. The molecular formula is C21H30BN6O2+. The molecule has 0 saturated carbocycles. The van der Waals surface area contributed by atoms with Gasteiger partial charge in [0, 0.05) is 54.4 Å². The second kappa shape index (κ2) is 9.34. The van der Waals surface area contributed by atoms with E-state index in [0.29, 0.717) is 12.6 Å². The number of nitrogens with one attached hydrogen (secondary N) is 1. The molecule has 1 unspecified atom stereocenters. The molecule has 0 radical (unpaired) electrons. The van der Waals surface area contributed by atoms with Crippen molar-refractivity contribution in [1.82, 2.24) is 14.6 Å². The van der Waals surface area contributed by atoms with Crippen LogP contribution in [0.3, 0.4) is 0 Å². The zero-order valence-electron chi connectivity index (χ0n) is 17.8. The standard InChI is InChI=1S/C21H30BN6O2/c1-22-18-14-24-28-19(23-13-16-6-5-9-26(15-16)30-2)12-20(25-21(18)28)27-10-4-3-7-17(27)8-11-29/h5-6,9,12,14-15,17,22-23,29H,3-4,7-8,10-11,13H2,1-2H3/q+1. The number of hydrogen-bond donors (Lipinski definition) is 2. The Balaban J connectivity index is 1.68. The molecule has 0 aliphatic carbocycles. The fourth-order valence-corrected chi connectivity index (χ4v) is 4.18. The first-order valence-electron chi connectivity index (χ1n) is 10.8. The number of aliphatic hydroxyl groups excluding tert-OH is 1. The molecular weight excluding hydrogens is 379 g/mol. The van der Waals surface area contributed by atoms with Gasteiger partial charge < -0.3 is 15.3 Å². The van der Waals surface area contributed by atoms with Gasteiger partial charge in [-0.25, -0.2) is 4.98 Å². The largest absolute Gasteiger partial charge is 0.396 e. The lowest BCUT2D eigenvalue weighted by atomic mass is 9.75. The fourth-order valence-electron chi connectivity index (χ4n) is 4.18. The van der Waals surface area contributed by atoms with Gasteiger partial charge in [0.25, 0.3) is 0 Å². The Labute approximate surface area is 177 Å². The van der Waals surface area contributed by atoms with Crippen molar-refractivity contribution >= 4 is 30.0 Å². The van der Waals surface area contributed by atoms with E-state index in [0.717, 1.165) is 61.4 Å². The second-order valence-corrected chi connectivity index (χ2v) is 7.72. The number of rotatable bonds is 8. The van der Waals surface area contributed by atoms with Crippen molar-refractivity contribution in [3.8, 4) is 0 Å². The number of nitrogens with zero attached hydrogens (tertiary/aromatic N) is 5. The predicted octanol–water partition coefficient (Wildman–Crippen LogP) is 0.538. The molecule has 2 N–H and O–H groups in total. The smallest absolute Gasteiger partial charge is 0.227 e. The number of anilines is 2. The highest BCUT2D eigenvalue weighted by Crippen LogP contribution is 2.27. The van der Waals surface area contributed by atoms with Crippen LogP contribution in [0.1, 0.15) is 31.2 Å². The van der Waals surface area contributed by atoms with Crippen molar-refractivity contribution in [1.29, 1.82) is 0 Å². The molecule has 8 nitrogen and oxygen atoms in total. The molecule has 0 bridgehead atoms. The Bertz CT molecular complexity index is 993. The van der Waals surface area contributed by atoms with Gasteiger partial charge in [-0.05, 0) is 37.2 Å². The molecule has 1 atom stereocenters. The summed E-state index contributed by atoms with van der Waals surface area (Å²) in [4.78, 5) is 12.6. The van der Waals surface area contributed by atoms with Gasteiger partial charge in [-0.15, -0.1) is 0 Å². The molecule has 4 heterocycles. The van der Waals surface area contributed by atoms with E-state index in [9.17, 15) is 5.11 Å². The first kappa shape index (κ1) is 20.5. The number of fused-ring (bicyclic) bond motifs is 1. The first-order chi connectivity index (χ1) is 14.7. The van der Waals surface area contributed by atoms with Gasteiger partial charge in [-0.1, -0.05) is 6.82 Å². The zero-order chi connectivity index (χ0) is 20.9. The van der Waals surface area contributed by atoms with Crippen LogP contribution in [0, 0.1) is 0 Å². The normalized spacial score (nSPS) is 16.6. The number of aromatic nitrogens is 4. The van der Waals surface area contributed by atoms with Crippen LogP contribution in [-0.4, -0.2) is 53.3 Å². The molecule has 1 saturated heterocycles. The van der Waals surface area contributed by atoms with Crippen molar-refractivity contribution in [3.05, 3.63) is 42.4 Å². The van der Waals surface area contributed by atoms with E-state index in [4.69, 9.17) is 9.82 Å². The maximum Gasteiger partial charge on any atom is 0.227 e. The molecule has 0 aromatic carbocycles. The van der Waals surface area contributed by atoms with Crippen LogP contribution in [-0.2, 0) is 6.54 Å². The Morgan fingerprint density at radius 3 is 3.10 bits per heavy atom. The van der Waals surface area contributed by atoms with Gasteiger partial charge >= 0.3 is 0 Å². The molecule has 0 spiro atoms. The highest BCUT2D eigenvalue weighted by atomic mass is 16.6. The third kappa shape index (κ3) is 4.21.